The predicted molar refractivity (Wildman–Crippen MR) is 203 cm³/mol. The number of carbonyl (C=O) groups excluding carboxylic acids is 3. The molecule has 0 unspecified atom stereocenters. The first-order valence-electron chi connectivity index (χ1n) is 19.3. The van der Waals surface area contributed by atoms with E-state index < -0.39 is 35.7 Å². The van der Waals surface area contributed by atoms with Gasteiger partial charge in [0.05, 0.1) is 35.9 Å². The number of rotatable bonds is 19. The number of nitrogens with one attached hydrogen (secondary N) is 1. The molecule has 0 saturated heterocycles. The number of anilines is 1. The first kappa shape index (κ1) is 41.6. The van der Waals surface area contributed by atoms with Crippen molar-refractivity contribution in [3.8, 4) is 0 Å². The summed E-state index contributed by atoms with van der Waals surface area (Å²) in [6.45, 7) is 4.18. The smallest absolute Gasteiger partial charge is 0.241 e. The Hall–Kier alpha value is -3.13. The average molecular weight is 743 g/mol. The fourth-order valence-electron chi connectivity index (χ4n) is 7.85. The van der Waals surface area contributed by atoms with Gasteiger partial charge in [-0.05, 0) is 49.7 Å². The number of likely N-dealkylation sites (N-methyl/N-ethyl adjacent to an activating group) is 1. The Morgan fingerprint density at radius 3 is 2.40 bits per heavy atom. The van der Waals surface area contributed by atoms with Gasteiger partial charge in [-0.25, -0.2) is 4.98 Å². The van der Waals surface area contributed by atoms with E-state index in [0.717, 1.165) is 57.1 Å². The van der Waals surface area contributed by atoms with Gasteiger partial charge in [-0.3, -0.25) is 19.4 Å². The maximum Gasteiger partial charge on any atom is 0.241 e. The summed E-state index contributed by atoms with van der Waals surface area (Å²) < 4.78 is 0. The van der Waals surface area contributed by atoms with Crippen LogP contribution in [0, 0.1) is 17.8 Å². The van der Waals surface area contributed by atoms with E-state index in [1.54, 1.807) is 28.4 Å². The molecule has 13 heteroatoms. The molecule has 0 aliphatic heterocycles. The maximum atomic E-state index is 15.0. The SMILES string of the molecule is CC(C)C[C@H](O)[C@H](O)[C@H](CC1CCCCC1)N(CC1(O)CCCCC1)C(=O)[C@@H](CC(=O)NCC(=O)N(C)CCc1ccccn1)Cc1csc(N)n1. The number of nitrogens with zero attached hydrogens (tertiary/aromatic N) is 4. The van der Waals surface area contributed by atoms with Crippen LogP contribution in [-0.4, -0.2) is 103 Å². The molecule has 0 spiro atoms. The molecule has 2 heterocycles. The lowest BCUT2D eigenvalue weighted by atomic mass is 9.79. The summed E-state index contributed by atoms with van der Waals surface area (Å²) in [5.74, 6) is -1.64. The zero-order valence-electron chi connectivity index (χ0n) is 31.4. The summed E-state index contributed by atoms with van der Waals surface area (Å²) in [5, 5.41) is 39.9. The van der Waals surface area contributed by atoms with Crippen LogP contribution in [0.3, 0.4) is 0 Å². The number of nitrogen functional groups attached to an aromatic ring is 1. The number of hydrogen-bond acceptors (Lipinski definition) is 10. The number of amides is 3. The molecule has 2 aliphatic carbocycles. The summed E-state index contributed by atoms with van der Waals surface area (Å²) in [6.07, 6.45) is 9.72. The fourth-order valence-corrected chi connectivity index (χ4v) is 8.42. The van der Waals surface area contributed by atoms with Crippen molar-refractivity contribution in [2.75, 3.05) is 32.4 Å². The highest BCUT2D eigenvalue weighted by Gasteiger charge is 2.43. The first-order valence-corrected chi connectivity index (χ1v) is 20.2. The van der Waals surface area contributed by atoms with Crippen LogP contribution in [-0.2, 0) is 27.2 Å². The van der Waals surface area contributed by atoms with E-state index in [-0.39, 0.29) is 49.6 Å². The highest BCUT2D eigenvalue weighted by molar-refractivity contribution is 7.13. The third-order valence-electron chi connectivity index (χ3n) is 10.8. The van der Waals surface area contributed by atoms with Crippen LogP contribution in [0.4, 0.5) is 5.13 Å². The van der Waals surface area contributed by atoms with Gasteiger partial charge < -0.3 is 36.2 Å². The summed E-state index contributed by atoms with van der Waals surface area (Å²) in [6, 6.07) is 4.87. The molecular formula is C39H62N6O6S. The fraction of sp³-hybridized carbons (Fsp3) is 0.718. The van der Waals surface area contributed by atoms with Crippen LogP contribution < -0.4 is 11.1 Å². The molecule has 52 heavy (non-hydrogen) atoms. The average Bonchev–Trinajstić information content (AvgIpc) is 3.55. The number of hydrogen-bond donors (Lipinski definition) is 5. The minimum atomic E-state index is -1.23. The van der Waals surface area contributed by atoms with Crippen LogP contribution in [0.15, 0.2) is 29.8 Å². The van der Waals surface area contributed by atoms with E-state index in [2.05, 4.69) is 15.3 Å². The van der Waals surface area contributed by atoms with Crippen molar-refractivity contribution in [1.82, 2.24) is 25.1 Å². The van der Waals surface area contributed by atoms with Gasteiger partial charge in [0, 0.05) is 56.7 Å². The lowest BCUT2D eigenvalue weighted by Crippen LogP contribution is -2.58. The largest absolute Gasteiger partial charge is 0.390 e. The highest BCUT2D eigenvalue weighted by Crippen LogP contribution is 2.35. The second-order valence-electron chi connectivity index (χ2n) is 15.7. The predicted octanol–water partition coefficient (Wildman–Crippen LogP) is 4.12. The van der Waals surface area contributed by atoms with Gasteiger partial charge in [0.2, 0.25) is 17.7 Å². The number of thiazole rings is 1. The number of aliphatic hydroxyl groups excluding tert-OH is 2. The van der Waals surface area contributed by atoms with Gasteiger partial charge in [-0.15, -0.1) is 11.3 Å². The van der Waals surface area contributed by atoms with Crippen LogP contribution in [0.1, 0.15) is 109 Å². The molecule has 4 atom stereocenters. The third-order valence-corrected chi connectivity index (χ3v) is 11.6. The molecule has 4 rings (SSSR count). The van der Waals surface area contributed by atoms with Gasteiger partial charge in [0.25, 0.3) is 0 Å². The van der Waals surface area contributed by atoms with E-state index in [1.165, 1.54) is 11.3 Å². The van der Waals surface area contributed by atoms with Crippen LogP contribution >= 0.6 is 11.3 Å². The van der Waals surface area contributed by atoms with Gasteiger partial charge in [-0.2, -0.15) is 0 Å². The van der Waals surface area contributed by atoms with Crippen molar-refractivity contribution >= 4 is 34.2 Å². The summed E-state index contributed by atoms with van der Waals surface area (Å²) >= 11 is 1.25. The minimum Gasteiger partial charge on any atom is -0.390 e. The number of carbonyl (C=O) groups is 3. The van der Waals surface area contributed by atoms with Crippen LogP contribution in [0.25, 0.3) is 0 Å². The minimum absolute atomic E-state index is 0.00551. The number of aromatic nitrogens is 2. The van der Waals surface area contributed by atoms with Crippen molar-refractivity contribution < 1.29 is 29.7 Å². The molecule has 0 aromatic carbocycles. The normalized spacial score (nSPS) is 18.7. The Labute approximate surface area is 313 Å². The van der Waals surface area contributed by atoms with E-state index in [1.807, 2.05) is 32.0 Å². The topological polar surface area (TPSA) is 182 Å². The molecule has 0 radical (unpaired) electrons. The van der Waals surface area contributed by atoms with Crippen LogP contribution in [0.5, 0.6) is 0 Å². The molecule has 2 aromatic heterocycles. The number of nitrogens with two attached hydrogens (primary N) is 1. The lowest BCUT2D eigenvalue weighted by Gasteiger charge is -2.45. The van der Waals surface area contributed by atoms with Gasteiger partial charge in [0.1, 0.15) is 6.10 Å². The van der Waals surface area contributed by atoms with Gasteiger partial charge in [0.15, 0.2) is 5.13 Å². The monoisotopic (exact) mass is 742 g/mol. The van der Waals surface area contributed by atoms with Gasteiger partial charge >= 0.3 is 0 Å². The second-order valence-corrected chi connectivity index (χ2v) is 16.6. The van der Waals surface area contributed by atoms with Crippen molar-refractivity contribution in [1.29, 1.82) is 0 Å². The molecule has 2 saturated carbocycles. The molecule has 2 aromatic rings. The Bertz CT molecular complexity index is 1400. The van der Waals surface area contributed by atoms with Crippen LogP contribution in [0.2, 0.25) is 0 Å². The summed E-state index contributed by atoms with van der Waals surface area (Å²) in [7, 11) is 1.68. The van der Waals surface area contributed by atoms with Crippen molar-refractivity contribution in [3.63, 3.8) is 0 Å². The van der Waals surface area contributed by atoms with Crippen molar-refractivity contribution in [2.45, 2.75) is 134 Å². The molecule has 12 nitrogen and oxygen atoms in total. The Morgan fingerprint density at radius 2 is 1.77 bits per heavy atom. The van der Waals surface area contributed by atoms with E-state index in [4.69, 9.17) is 5.73 Å². The standard InChI is InChI=1S/C39H62N6O6S/c1-27(2)20-33(46)36(49)32(21-28-12-6-4-7-13-28)45(26-39(51)16-9-5-10-17-39)37(50)29(22-31-25-52-38(40)43-31)23-34(47)42-24-35(48)44(3)19-15-30-14-8-11-18-41-30/h8,11,14,18,25,27-29,32-33,36,46,49,51H,4-7,9-10,12-13,15-17,19-24,26H2,1-3H3,(H2,40,43)(H,42,47)/t29-,32+,33+,36-/m1/s1. The van der Waals surface area contributed by atoms with E-state index >= 15 is 4.79 Å². The quantitative estimate of drug-likeness (QED) is 0.141. The molecule has 2 aliphatic rings. The number of aliphatic hydroxyl groups is 3. The third kappa shape index (κ3) is 13.1. The lowest BCUT2D eigenvalue weighted by molar-refractivity contribution is -0.153. The first-order chi connectivity index (χ1) is 24.8. The van der Waals surface area contributed by atoms with E-state index in [9.17, 15) is 24.9 Å². The summed E-state index contributed by atoms with van der Waals surface area (Å²) in [4.78, 5) is 53.4. The second kappa shape index (κ2) is 20.4. The van der Waals surface area contributed by atoms with E-state index in [0.29, 0.717) is 49.5 Å². The maximum absolute atomic E-state index is 15.0. The van der Waals surface area contributed by atoms with Crippen molar-refractivity contribution in [2.24, 2.45) is 17.8 Å². The zero-order chi connectivity index (χ0) is 37.7. The van der Waals surface area contributed by atoms with Crippen molar-refractivity contribution in [3.05, 3.63) is 41.2 Å². The summed E-state index contributed by atoms with van der Waals surface area (Å²) in [5.41, 5.74) is 6.25. The molecular weight excluding hydrogens is 681 g/mol. The molecule has 3 amide bonds. The highest BCUT2D eigenvalue weighted by atomic mass is 32.1. The Balaban J connectivity index is 1.58. The molecule has 6 N–H and O–H groups in total. The van der Waals surface area contributed by atoms with Gasteiger partial charge in [-0.1, -0.05) is 71.3 Å². The zero-order valence-corrected chi connectivity index (χ0v) is 32.2. The number of pyridine rings is 1. The molecule has 290 valence electrons. The molecule has 2 fully saturated rings. The Morgan fingerprint density at radius 1 is 1.06 bits per heavy atom. The molecule has 0 bridgehead atoms. The Kier molecular flexibility index (Phi) is 16.3.